The highest BCUT2D eigenvalue weighted by Gasteiger charge is 2.54. The number of carboxylic acid groups (broad SMARTS) is 1. The van der Waals surface area contributed by atoms with Crippen LogP contribution in [-0.2, 0) is 9.53 Å². The summed E-state index contributed by atoms with van der Waals surface area (Å²) in [5, 5.41) is 9.72. The van der Waals surface area contributed by atoms with Crippen molar-refractivity contribution < 1.29 is 24.2 Å². The van der Waals surface area contributed by atoms with Gasteiger partial charge in [-0.15, -0.1) is 0 Å². The van der Waals surface area contributed by atoms with E-state index in [1.165, 1.54) is 0 Å². The predicted octanol–water partition coefficient (Wildman–Crippen LogP) is 2.82. The lowest BCUT2D eigenvalue weighted by Gasteiger charge is -2.33. The van der Waals surface area contributed by atoms with Crippen molar-refractivity contribution in [2.45, 2.75) is 32.6 Å². The van der Waals surface area contributed by atoms with Crippen molar-refractivity contribution in [3.8, 4) is 5.75 Å². The minimum absolute atomic E-state index is 0.127. The molecule has 0 saturated carbocycles. The van der Waals surface area contributed by atoms with Gasteiger partial charge in [0.15, 0.2) is 0 Å². The summed E-state index contributed by atoms with van der Waals surface area (Å²) in [5.74, 6) is -0.337. The van der Waals surface area contributed by atoms with Crippen LogP contribution in [0, 0.1) is 11.3 Å². The van der Waals surface area contributed by atoms with Gasteiger partial charge in [-0.1, -0.05) is 19.8 Å². The molecule has 0 unspecified atom stereocenters. The molecule has 1 aromatic carbocycles. The first-order valence-corrected chi connectivity index (χ1v) is 9.40. The van der Waals surface area contributed by atoms with Gasteiger partial charge >= 0.3 is 5.97 Å². The first-order chi connectivity index (χ1) is 12.6. The minimum Gasteiger partial charge on any atom is -0.494 e. The van der Waals surface area contributed by atoms with Gasteiger partial charge < -0.3 is 19.5 Å². The van der Waals surface area contributed by atoms with Crippen molar-refractivity contribution in [1.82, 2.24) is 4.90 Å². The molecule has 6 nitrogen and oxygen atoms in total. The molecule has 142 valence electrons. The molecule has 0 aromatic heterocycles. The highest BCUT2D eigenvalue weighted by Crippen LogP contribution is 2.42. The lowest BCUT2D eigenvalue weighted by molar-refractivity contribution is -0.157. The number of nitrogens with zero attached hydrogens (tertiary/aromatic N) is 1. The smallest absolute Gasteiger partial charge is 0.311 e. The van der Waals surface area contributed by atoms with Crippen molar-refractivity contribution in [2.24, 2.45) is 11.3 Å². The summed E-state index contributed by atoms with van der Waals surface area (Å²) >= 11 is 0. The third kappa shape index (κ3) is 3.70. The Bertz CT molecular complexity index is 644. The number of carbonyl (C=O) groups is 2. The SMILES string of the molecule is CCCCCOc1ccc(C(=O)N2C[C@H]3COCC[C@@]3(C(=O)O)C2)cc1. The zero-order valence-corrected chi connectivity index (χ0v) is 15.3. The van der Waals surface area contributed by atoms with Gasteiger partial charge in [-0.25, -0.2) is 0 Å². The van der Waals surface area contributed by atoms with Crippen molar-refractivity contribution in [3.05, 3.63) is 29.8 Å². The quantitative estimate of drug-likeness (QED) is 0.756. The Morgan fingerprint density at radius 3 is 2.73 bits per heavy atom. The zero-order chi connectivity index (χ0) is 18.6. The van der Waals surface area contributed by atoms with Crippen molar-refractivity contribution in [1.29, 1.82) is 0 Å². The van der Waals surface area contributed by atoms with Crippen molar-refractivity contribution >= 4 is 11.9 Å². The summed E-state index contributed by atoms with van der Waals surface area (Å²) in [4.78, 5) is 26.3. The van der Waals surface area contributed by atoms with E-state index in [0.29, 0.717) is 38.3 Å². The van der Waals surface area contributed by atoms with E-state index in [4.69, 9.17) is 9.47 Å². The number of aliphatic carboxylic acids is 1. The Morgan fingerprint density at radius 2 is 2.08 bits per heavy atom. The van der Waals surface area contributed by atoms with Gasteiger partial charge in [0.05, 0.1) is 18.6 Å². The predicted molar refractivity (Wildman–Crippen MR) is 96.4 cm³/mol. The highest BCUT2D eigenvalue weighted by molar-refractivity contribution is 5.95. The van der Waals surface area contributed by atoms with E-state index in [-0.39, 0.29) is 18.4 Å². The van der Waals surface area contributed by atoms with Gasteiger partial charge in [0.25, 0.3) is 5.91 Å². The Hall–Kier alpha value is -2.08. The second kappa shape index (κ2) is 8.08. The number of hydrogen-bond acceptors (Lipinski definition) is 4. The standard InChI is InChI=1S/C20H27NO5/c1-2-3-4-10-26-17-7-5-15(6-8-17)18(22)21-12-16-13-25-11-9-20(16,14-21)19(23)24/h5-8,16H,2-4,9-14H2,1H3,(H,23,24)/t16-,20+/m0/s1. The Balaban J connectivity index is 1.63. The second-order valence-electron chi connectivity index (χ2n) is 7.25. The lowest BCUT2D eigenvalue weighted by atomic mass is 9.74. The number of benzene rings is 1. The fourth-order valence-electron chi connectivity index (χ4n) is 3.87. The van der Waals surface area contributed by atoms with Crippen LogP contribution in [0.2, 0.25) is 0 Å². The molecule has 2 fully saturated rings. The molecule has 2 saturated heterocycles. The van der Waals surface area contributed by atoms with Gasteiger partial charge in [0.2, 0.25) is 0 Å². The van der Waals surface area contributed by atoms with Crippen LogP contribution >= 0.6 is 0 Å². The van der Waals surface area contributed by atoms with Crippen LogP contribution in [0.15, 0.2) is 24.3 Å². The van der Waals surface area contributed by atoms with Crippen LogP contribution in [-0.4, -0.2) is 54.8 Å². The van der Waals surface area contributed by atoms with Crippen LogP contribution in [0.5, 0.6) is 5.75 Å². The molecule has 1 amide bonds. The number of fused-ring (bicyclic) bond motifs is 1. The first kappa shape index (κ1) is 18.7. The third-order valence-electron chi connectivity index (χ3n) is 5.54. The molecular weight excluding hydrogens is 334 g/mol. The molecule has 1 aromatic rings. The Kier molecular flexibility index (Phi) is 5.81. The van der Waals surface area contributed by atoms with Crippen LogP contribution in [0.25, 0.3) is 0 Å². The molecule has 2 heterocycles. The largest absolute Gasteiger partial charge is 0.494 e. The van der Waals surface area contributed by atoms with E-state index in [0.717, 1.165) is 25.0 Å². The maximum absolute atomic E-state index is 12.8. The average Bonchev–Trinajstić information content (AvgIpc) is 3.06. The molecule has 26 heavy (non-hydrogen) atoms. The Labute approximate surface area is 154 Å². The minimum atomic E-state index is -0.865. The normalized spacial score (nSPS) is 25.0. The molecule has 1 N–H and O–H groups in total. The zero-order valence-electron chi connectivity index (χ0n) is 15.3. The van der Waals surface area contributed by atoms with Gasteiger partial charge in [0.1, 0.15) is 5.75 Å². The number of rotatable bonds is 7. The number of hydrogen-bond donors (Lipinski definition) is 1. The first-order valence-electron chi connectivity index (χ1n) is 9.40. The molecule has 2 aliphatic heterocycles. The van der Waals surface area contributed by atoms with Gasteiger partial charge in [-0.3, -0.25) is 9.59 Å². The van der Waals surface area contributed by atoms with E-state index >= 15 is 0 Å². The van der Waals surface area contributed by atoms with E-state index in [1.807, 2.05) is 0 Å². The number of carboxylic acids is 1. The van der Waals surface area contributed by atoms with Crippen LogP contribution in [0.3, 0.4) is 0 Å². The van der Waals surface area contributed by atoms with Crippen molar-refractivity contribution in [3.63, 3.8) is 0 Å². The number of unbranched alkanes of at least 4 members (excludes halogenated alkanes) is 2. The number of carbonyl (C=O) groups excluding carboxylic acids is 1. The van der Waals surface area contributed by atoms with E-state index in [9.17, 15) is 14.7 Å². The maximum atomic E-state index is 12.8. The lowest BCUT2D eigenvalue weighted by Crippen LogP contribution is -2.45. The third-order valence-corrected chi connectivity index (χ3v) is 5.54. The van der Waals surface area contributed by atoms with Gasteiger partial charge in [0, 0.05) is 31.2 Å². The molecular formula is C20H27NO5. The molecule has 0 aliphatic carbocycles. The van der Waals surface area contributed by atoms with Gasteiger partial charge in [-0.2, -0.15) is 0 Å². The molecule has 2 atom stereocenters. The summed E-state index contributed by atoms with van der Waals surface area (Å²) in [6.07, 6.45) is 3.77. The topological polar surface area (TPSA) is 76.1 Å². The summed E-state index contributed by atoms with van der Waals surface area (Å²) in [6, 6.07) is 7.11. The van der Waals surface area contributed by atoms with Crippen molar-refractivity contribution in [2.75, 3.05) is 32.9 Å². The molecule has 2 aliphatic rings. The molecule has 6 heteroatoms. The van der Waals surface area contributed by atoms with E-state index in [1.54, 1.807) is 29.2 Å². The van der Waals surface area contributed by atoms with Crippen LogP contribution in [0.4, 0.5) is 0 Å². The summed E-state index contributed by atoms with van der Waals surface area (Å²) < 4.78 is 11.1. The van der Waals surface area contributed by atoms with E-state index in [2.05, 4.69) is 6.92 Å². The second-order valence-corrected chi connectivity index (χ2v) is 7.25. The average molecular weight is 361 g/mol. The maximum Gasteiger partial charge on any atom is 0.311 e. The molecule has 0 bridgehead atoms. The number of likely N-dealkylation sites (tertiary alicyclic amines) is 1. The monoisotopic (exact) mass is 361 g/mol. The van der Waals surface area contributed by atoms with Crippen LogP contribution < -0.4 is 4.74 Å². The number of amides is 1. The fraction of sp³-hybridized carbons (Fsp3) is 0.600. The summed E-state index contributed by atoms with van der Waals surface area (Å²) in [6.45, 7) is 4.35. The summed E-state index contributed by atoms with van der Waals surface area (Å²) in [5.41, 5.74) is -0.304. The summed E-state index contributed by atoms with van der Waals surface area (Å²) in [7, 11) is 0. The fourth-order valence-corrected chi connectivity index (χ4v) is 3.87. The van der Waals surface area contributed by atoms with Gasteiger partial charge in [-0.05, 0) is 37.1 Å². The van der Waals surface area contributed by atoms with E-state index < -0.39 is 11.4 Å². The Morgan fingerprint density at radius 1 is 1.31 bits per heavy atom. The molecule has 0 radical (unpaired) electrons. The highest BCUT2D eigenvalue weighted by atomic mass is 16.5. The van der Waals surface area contributed by atoms with Crippen LogP contribution in [0.1, 0.15) is 43.0 Å². The molecule has 0 spiro atoms. The molecule has 3 rings (SSSR count). The number of ether oxygens (including phenoxy) is 2.